The van der Waals surface area contributed by atoms with Crippen molar-refractivity contribution < 1.29 is 14.5 Å². The highest BCUT2D eigenvalue weighted by molar-refractivity contribution is 7.99. The number of hydrogen-bond acceptors (Lipinski definition) is 6. The average Bonchev–Trinajstić information content (AvgIpc) is 3.03. The molecule has 0 unspecified atom stereocenters. The van der Waals surface area contributed by atoms with Crippen molar-refractivity contribution in [3.05, 3.63) is 82.0 Å². The van der Waals surface area contributed by atoms with Gasteiger partial charge in [-0.25, -0.2) is 9.48 Å². The number of para-hydroxylation sites is 1. The molecule has 3 rings (SSSR count). The number of carbonyl (C=O) groups excluding carboxylic acids is 1. The van der Waals surface area contributed by atoms with Gasteiger partial charge >= 0.3 is 5.97 Å². The highest BCUT2D eigenvalue weighted by Crippen LogP contribution is 2.42. The molecule has 0 saturated carbocycles. The summed E-state index contributed by atoms with van der Waals surface area (Å²) in [6, 6.07) is 15.9. The van der Waals surface area contributed by atoms with Crippen molar-refractivity contribution in [2.45, 2.75) is 43.0 Å². The van der Waals surface area contributed by atoms with E-state index in [2.05, 4.69) is 5.10 Å². The number of aromatic nitrogens is 2. The van der Waals surface area contributed by atoms with Crippen molar-refractivity contribution in [1.29, 1.82) is 0 Å². The van der Waals surface area contributed by atoms with Gasteiger partial charge in [-0.2, -0.15) is 5.10 Å². The Bertz CT molecular complexity index is 1130. The first-order valence-corrected chi connectivity index (χ1v) is 10.4. The molecule has 7 nitrogen and oxygen atoms in total. The van der Waals surface area contributed by atoms with Gasteiger partial charge in [-0.15, -0.1) is 0 Å². The highest BCUT2D eigenvalue weighted by Gasteiger charge is 2.28. The highest BCUT2D eigenvalue weighted by atomic mass is 32.2. The minimum absolute atomic E-state index is 0.0170. The number of carbonyl (C=O) groups is 1. The van der Waals surface area contributed by atoms with Crippen LogP contribution in [0, 0.1) is 17.0 Å². The summed E-state index contributed by atoms with van der Waals surface area (Å²) in [4.78, 5) is 24.6. The Morgan fingerprint density at radius 2 is 1.77 bits per heavy atom. The number of esters is 1. The van der Waals surface area contributed by atoms with Gasteiger partial charge in [0.25, 0.3) is 5.69 Å². The third-order valence-corrected chi connectivity index (χ3v) is 5.52. The van der Waals surface area contributed by atoms with Gasteiger partial charge in [-0.1, -0.05) is 54.2 Å². The molecule has 0 amide bonds. The van der Waals surface area contributed by atoms with Crippen LogP contribution in [-0.2, 0) is 10.3 Å². The molecule has 160 valence electrons. The molecular formula is C23H23N3O4S. The summed E-state index contributed by atoms with van der Waals surface area (Å²) in [5.74, 6) is -0.297. The molecular weight excluding hydrogens is 414 g/mol. The molecule has 0 aliphatic carbocycles. The largest absolute Gasteiger partial charge is 0.403 e. The van der Waals surface area contributed by atoms with Crippen molar-refractivity contribution in [1.82, 2.24) is 9.78 Å². The molecule has 31 heavy (non-hydrogen) atoms. The number of nitrogens with zero attached hydrogens (tertiary/aromatic N) is 3. The quantitative estimate of drug-likeness (QED) is 0.215. The Kier molecular flexibility index (Phi) is 6.60. The number of rotatable bonds is 6. The van der Waals surface area contributed by atoms with Gasteiger partial charge in [0.05, 0.1) is 25.9 Å². The average molecular weight is 438 g/mol. The summed E-state index contributed by atoms with van der Waals surface area (Å²) in [6.07, 6.45) is 3.02. The third-order valence-electron chi connectivity index (χ3n) is 4.28. The topological polar surface area (TPSA) is 87.3 Å². The van der Waals surface area contributed by atoms with E-state index in [-0.39, 0.29) is 11.6 Å². The molecule has 0 spiro atoms. The van der Waals surface area contributed by atoms with Crippen LogP contribution in [0.1, 0.15) is 32.0 Å². The van der Waals surface area contributed by atoms with Crippen LogP contribution in [0.2, 0.25) is 0 Å². The van der Waals surface area contributed by atoms with E-state index in [0.717, 1.165) is 17.3 Å². The predicted molar refractivity (Wildman–Crippen MR) is 120 cm³/mol. The Morgan fingerprint density at radius 1 is 1.13 bits per heavy atom. The first kappa shape index (κ1) is 22.3. The summed E-state index contributed by atoms with van der Waals surface area (Å²) < 4.78 is 7.33. The van der Waals surface area contributed by atoms with E-state index in [4.69, 9.17) is 4.74 Å². The lowest BCUT2D eigenvalue weighted by molar-refractivity contribution is -0.387. The standard InChI is InChI=1S/C23H23N3O4S/c1-16-21(31-19-13-9-8-12-18(19)26(28)29)22(25(24-16)23(2,3)4)30-20(27)15-14-17-10-6-5-7-11-17/h5-15H,1-4H3. The summed E-state index contributed by atoms with van der Waals surface area (Å²) in [5.41, 5.74) is 1.00. The second-order valence-electron chi connectivity index (χ2n) is 7.79. The lowest BCUT2D eigenvalue weighted by Crippen LogP contribution is -2.25. The van der Waals surface area contributed by atoms with Crippen LogP contribution in [0.15, 0.2) is 70.5 Å². The van der Waals surface area contributed by atoms with Gasteiger partial charge in [0.1, 0.15) is 0 Å². The predicted octanol–water partition coefficient (Wildman–Crippen LogP) is 5.62. The summed E-state index contributed by atoms with van der Waals surface area (Å²) in [6.45, 7) is 7.61. The number of aryl methyl sites for hydroxylation is 1. The van der Waals surface area contributed by atoms with Crippen LogP contribution < -0.4 is 4.74 Å². The third kappa shape index (κ3) is 5.40. The van der Waals surface area contributed by atoms with E-state index >= 15 is 0 Å². The Balaban J connectivity index is 1.97. The van der Waals surface area contributed by atoms with Crippen molar-refractivity contribution in [2.24, 2.45) is 0 Å². The Hall–Kier alpha value is -3.39. The SMILES string of the molecule is Cc1nn(C(C)(C)C)c(OC(=O)C=Cc2ccccc2)c1Sc1ccccc1[N+](=O)[O-]. The van der Waals surface area contributed by atoms with Gasteiger partial charge < -0.3 is 4.74 Å². The maximum Gasteiger partial charge on any atom is 0.337 e. The second-order valence-corrected chi connectivity index (χ2v) is 8.85. The smallest absolute Gasteiger partial charge is 0.337 e. The maximum atomic E-state index is 12.6. The molecule has 0 aliphatic rings. The van der Waals surface area contributed by atoms with Gasteiger partial charge in [0, 0.05) is 12.1 Å². The number of ether oxygens (including phenoxy) is 1. The van der Waals surface area contributed by atoms with E-state index < -0.39 is 16.4 Å². The van der Waals surface area contributed by atoms with Crippen LogP contribution >= 0.6 is 11.8 Å². The van der Waals surface area contributed by atoms with Gasteiger partial charge in [-0.3, -0.25) is 10.1 Å². The van der Waals surface area contributed by atoms with Crippen molar-refractivity contribution >= 4 is 29.5 Å². The van der Waals surface area contributed by atoms with Crippen LogP contribution in [0.5, 0.6) is 5.88 Å². The molecule has 0 saturated heterocycles. The van der Waals surface area contributed by atoms with Crippen molar-refractivity contribution in [2.75, 3.05) is 0 Å². The van der Waals surface area contributed by atoms with Crippen LogP contribution in [0.25, 0.3) is 6.08 Å². The molecule has 1 aromatic heterocycles. The van der Waals surface area contributed by atoms with Gasteiger partial charge in [0.15, 0.2) is 0 Å². The first-order valence-electron chi connectivity index (χ1n) is 9.63. The van der Waals surface area contributed by atoms with E-state index in [1.54, 1.807) is 35.9 Å². The van der Waals surface area contributed by atoms with Crippen molar-refractivity contribution in [3.8, 4) is 5.88 Å². The second kappa shape index (κ2) is 9.18. The zero-order valence-electron chi connectivity index (χ0n) is 17.7. The Morgan fingerprint density at radius 3 is 2.42 bits per heavy atom. The fraction of sp³-hybridized carbons (Fsp3) is 0.217. The monoisotopic (exact) mass is 437 g/mol. The molecule has 0 aliphatic heterocycles. The van der Waals surface area contributed by atoms with Crippen LogP contribution in [0.3, 0.4) is 0 Å². The number of benzene rings is 2. The molecule has 2 aromatic carbocycles. The number of hydrogen-bond donors (Lipinski definition) is 0. The lowest BCUT2D eigenvalue weighted by Gasteiger charge is -2.21. The summed E-state index contributed by atoms with van der Waals surface area (Å²) in [5, 5.41) is 16.0. The molecule has 3 aromatic rings. The minimum atomic E-state index is -0.557. The Labute approximate surface area is 184 Å². The molecule has 0 fully saturated rings. The maximum absolute atomic E-state index is 12.6. The molecule has 0 N–H and O–H groups in total. The fourth-order valence-electron chi connectivity index (χ4n) is 2.82. The molecule has 0 radical (unpaired) electrons. The zero-order chi connectivity index (χ0) is 22.6. The molecule has 8 heteroatoms. The number of nitro groups is 1. The summed E-state index contributed by atoms with van der Waals surface area (Å²) in [7, 11) is 0. The normalized spacial score (nSPS) is 11.6. The zero-order valence-corrected chi connectivity index (χ0v) is 18.6. The van der Waals surface area contributed by atoms with Gasteiger partial charge in [0.2, 0.25) is 5.88 Å². The van der Waals surface area contributed by atoms with Gasteiger partial charge in [-0.05, 0) is 45.4 Å². The fourth-order valence-corrected chi connectivity index (χ4v) is 3.83. The molecule has 1 heterocycles. The first-order chi connectivity index (χ1) is 14.7. The van der Waals surface area contributed by atoms with E-state index in [1.165, 1.54) is 12.1 Å². The minimum Gasteiger partial charge on any atom is -0.403 e. The number of nitro benzene ring substituents is 1. The van der Waals surface area contributed by atoms with E-state index in [0.29, 0.717) is 15.5 Å². The van der Waals surface area contributed by atoms with E-state index in [1.807, 2.05) is 51.1 Å². The molecule has 0 atom stereocenters. The van der Waals surface area contributed by atoms with Crippen molar-refractivity contribution in [3.63, 3.8) is 0 Å². The summed E-state index contributed by atoms with van der Waals surface area (Å²) >= 11 is 1.16. The lowest BCUT2D eigenvalue weighted by atomic mass is 10.1. The van der Waals surface area contributed by atoms with Crippen LogP contribution in [-0.4, -0.2) is 20.7 Å². The molecule has 0 bridgehead atoms. The van der Waals surface area contributed by atoms with E-state index in [9.17, 15) is 14.9 Å². The van der Waals surface area contributed by atoms with Crippen LogP contribution in [0.4, 0.5) is 5.69 Å².